The molecule has 1 atom stereocenters. The minimum absolute atomic E-state index is 0.149. The van der Waals surface area contributed by atoms with Crippen LogP contribution in [0.15, 0.2) is 18.2 Å². The number of halogens is 1. The van der Waals surface area contributed by atoms with Crippen LogP contribution in [-0.4, -0.2) is 28.9 Å². The molecule has 108 valence electrons. The van der Waals surface area contributed by atoms with E-state index in [-0.39, 0.29) is 24.0 Å². The van der Waals surface area contributed by atoms with Crippen LogP contribution >= 0.6 is 0 Å². The van der Waals surface area contributed by atoms with Gasteiger partial charge in [0.25, 0.3) is 5.91 Å². The zero-order chi connectivity index (χ0) is 15.3. The molecule has 6 nitrogen and oxygen atoms in total. The summed E-state index contributed by atoms with van der Waals surface area (Å²) in [5.41, 5.74) is 4.96. The molecule has 1 rings (SSSR count). The zero-order valence-electron chi connectivity index (χ0n) is 10.9. The number of carbonyl (C=O) groups excluding carboxylic acids is 2. The summed E-state index contributed by atoms with van der Waals surface area (Å²) in [5, 5.41) is 11.1. The molecule has 4 N–H and O–H groups in total. The summed E-state index contributed by atoms with van der Waals surface area (Å²) in [6.45, 7) is 1.49. The maximum absolute atomic E-state index is 13.7. The minimum atomic E-state index is -1.31. The highest BCUT2D eigenvalue weighted by atomic mass is 19.1. The second-order valence-corrected chi connectivity index (χ2v) is 4.31. The number of benzene rings is 1. The Bertz CT molecular complexity index is 545. The number of hydrogen-bond donors (Lipinski definition) is 3. The highest BCUT2D eigenvalue weighted by Crippen LogP contribution is 2.12. The van der Waals surface area contributed by atoms with Crippen LogP contribution in [0.4, 0.5) is 4.39 Å². The van der Waals surface area contributed by atoms with Gasteiger partial charge in [0.1, 0.15) is 11.9 Å². The summed E-state index contributed by atoms with van der Waals surface area (Å²) in [4.78, 5) is 33.5. The molecule has 0 bridgehead atoms. The van der Waals surface area contributed by atoms with Crippen LogP contribution < -0.4 is 11.1 Å². The molecule has 0 unspecified atom stereocenters. The lowest BCUT2D eigenvalue weighted by molar-refractivity contribution is -0.139. The maximum Gasteiger partial charge on any atom is 0.326 e. The average Bonchev–Trinajstić information content (AvgIpc) is 2.36. The molecule has 0 saturated heterocycles. The molecule has 0 aliphatic heterocycles. The van der Waals surface area contributed by atoms with Gasteiger partial charge in [-0.3, -0.25) is 9.59 Å². The average molecular weight is 282 g/mol. The van der Waals surface area contributed by atoms with E-state index >= 15 is 0 Å². The third-order valence-corrected chi connectivity index (χ3v) is 2.72. The van der Waals surface area contributed by atoms with Crippen molar-refractivity contribution in [1.82, 2.24) is 5.32 Å². The molecule has 1 aromatic carbocycles. The van der Waals surface area contributed by atoms with Gasteiger partial charge in [-0.05, 0) is 25.0 Å². The summed E-state index contributed by atoms with van der Waals surface area (Å²) < 4.78 is 13.7. The van der Waals surface area contributed by atoms with E-state index in [0.717, 1.165) is 0 Å². The number of carboxylic acids is 1. The van der Waals surface area contributed by atoms with Gasteiger partial charge in [-0.1, -0.05) is 12.1 Å². The molecule has 7 heteroatoms. The van der Waals surface area contributed by atoms with Crippen LogP contribution in [0.5, 0.6) is 0 Å². The summed E-state index contributed by atoms with van der Waals surface area (Å²) in [6.07, 6.45) is -0.336. The molecule has 2 amide bonds. The molecular formula is C13H15FN2O4. The van der Waals surface area contributed by atoms with Gasteiger partial charge < -0.3 is 16.2 Å². The number of aryl methyl sites for hydroxylation is 1. The Hall–Kier alpha value is -2.44. The van der Waals surface area contributed by atoms with E-state index < -0.39 is 29.6 Å². The lowest BCUT2D eigenvalue weighted by Crippen LogP contribution is -2.41. The van der Waals surface area contributed by atoms with Crippen LogP contribution in [0.1, 0.15) is 28.8 Å². The number of nitrogens with one attached hydrogen (secondary N) is 1. The lowest BCUT2D eigenvalue weighted by Gasteiger charge is -2.14. The summed E-state index contributed by atoms with van der Waals surface area (Å²) in [7, 11) is 0. The van der Waals surface area contributed by atoms with Crippen molar-refractivity contribution in [3.05, 3.63) is 35.1 Å². The number of primary amides is 1. The van der Waals surface area contributed by atoms with Gasteiger partial charge in [0.05, 0.1) is 5.56 Å². The lowest BCUT2D eigenvalue weighted by atomic mass is 10.1. The smallest absolute Gasteiger partial charge is 0.326 e. The van der Waals surface area contributed by atoms with Crippen LogP contribution in [-0.2, 0) is 9.59 Å². The van der Waals surface area contributed by atoms with Crippen molar-refractivity contribution in [2.75, 3.05) is 0 Å². The first-order chi connectivity index (χ1) is 9.32. The van der Waals surface area contributed by atoms with E-state index in [9.17, 15) is 18.8 Å². The number of hydrogen-bond acceptors (Lipinski definition) is 3. The van der Waals surface area contributed by atoms with Crippen molar-refractivity contribution in [3.8, 4) is 0 Å². The quantitative estimate of drug-likeness (QED) is 0.709. The van der Waals surface area contributed by atoms with Crippen molar-refractivity contribution in [3.63, 3.8) is 0 Å². The monoisotopic (exact) mass is 282 g/mol. The van der Waals surface area contributed by atoms with Gasteiger partial charge in [-0.2, -0.15) is 0 Å². The van der Waals surface area contributed by atoms with E-state index in [4.69, 9.17) is 10.8 Å². The molecule has 20 heavy (non-hydrogen) atoms. The fourth-order valence-electron chi connectivity index (χ4n) is 1.60. The molecule has 0 spiro atoms. The van der Waals surface area contributed by atoms with E-state index in [0.29, 0.717) is 0 Å². The predicted molar refractivity (Wildman–Crippen MR) is 68.5 cm³/mol. The van der Waals surface area contributed by atoms with E-state index in [1.165, 1.54) is 25.1 Å². The third kappa shape index (κ3) is 4.04. The highest BCUT2D eigenvalue weighted by molar-refractivity contribution is 5.97. The fraction of sp³-hybridized carbons (Fsp3) is 0.308. The fourth-order valence-corrected chi connectivity index (χ4v) is 1.60. The predicted octanol–water partition coefficient (Wildman–Crippen LogP) is 0.583. The maximum atomic E-state index is 13.7. The molecule has 0 aliphatic rings. The highest BCUT2D eigenvalue weighted by Gasteiger charge is 2.23. The van der Waals surface area contributed by atoms with Crippen LogP contribution in [0.25, 0.3) is 0 Å². The Kier molecular flexibility index (Phi) is 5.19. The molecule has 0 heterocycles. The standard InChI is InChI=1S/C13H15FN2O4/c1-7-3-2-4-8(11(7)14)12(18)16-9(13(19)20)5-6-10(15)17/h2-4,9H,5-6H2,1H3,(H2,15,17)(H,16,18)(H,19,20)/t9-/m0/s1. The van der Waals surface area contributed by atoms with Crippen LogP contribution in [0.3, 0.4) is 0 Å². The van der Waals surface area contributed by atoms with E-state index in [2.05, 4.69) is 5.32 Å². The van der Waals surface area contributed by atoms with Crippen molar-refractivity contribution in [1.29, 1.82) is 0 Å². The number of carbonyl (C=O) groups is 3. The van der Waals surface area contributed by atoms with Crippen molar-refractivity contribution < 1.29 is 23.9 Å². The first kappa shape index (κ1) is 15.6. The molecular weight excluding hydrogens is 267 g/mol. The molecule has 0 fully saturated rings. The SMILES string of the molecule is Cc1cccc(C(=O)N[C@@H](CCC(N)=O)C(=O)O)c1F. The van der Waals surface area contributed by atoms with Crippen LogP contribution in [0, 0.1) is 12.7 Å². The normalized spacial score (nSPS) is 11.7. The van der Waals surface area contributed by atoms with E-state index in [1.807, 2.05) is 0 Å². The van der Waals surface area contributed by atoms with Gasteiger partial charge in [-0.25, -0.2) is 9.18 Å². The molecule has 1 aromatic rings. The Morgan fingerprint density at radius 1 is 1.40 bits per heavy atom. The summed E-state index contributed by atoms with van der Waals surface area (Å²) in [5.74, 6) is -3.54. The van der Waals surface area contributed by atoms with Gasteiger partial charge >= 0.3 is 5.97 Å². The Morgan fingerprint density at radius 2 is 2.05 bits per heavy atom. The Labute approximate surface area is 114 Å². The van der Waals surface area contributed by atoms with Gasteiger partial charge in [0, 0.05) is 6.42 Å². The second-order valence-electron chi connectivity index (χ2n) is 4.31. The Balaban J connectivity index is 2.83. The first-order valence-electron chi connectivity index (χ1n) is 5.90. The van der Waals surface area contributed by atoms with Gasteiger partial charge in [0.2, 0.25) is 5.91 Å². The van der Waals surface area contributed by atoms with Crippen molar-refractivity contribution in [2.45, 2.75) is 25.8 Å². The topological polar surface area (TPSA) is 109 Å². The number of amides is 2. The second kappa shape index (κ2) is 6.65. The molecule has 0 radical (unpaired) electrons. The molecule has 0 saturated carbocycles. The number of rotatable bonds is 6. The molecule has 0 aliphatic carbocycles. The number of carboxylic acid groups (broad SMARTS) is 1. The van der Waals surface area contributed by atoms with Gasteiger partial charge in [-0.15, -0.1) is 0 Å². The first-order valence-corrected chi connectivity index (χ1v) is 5.90. The van der Waals surface area contributed by atoms with Crippen molar-refractivity contribution >= 4 is 17.8 Å². The largest absolute Gasteiger partial charge is 0.480 e. The number of aliphatic carboxylic acids is 1. The van der Waals surface area contributed by atoms with Crippen LogP contribution in [0.2, 0.25) is 0 Å². The number of nitrogens with two attached hydrogens (primary N) is 1. The van der Waals surface area contributed by atoms with E-state index in [1.54, 1.807) is 0 Å². The summed E-state index contributed by atoms with van der Waals surface area (Å²) >= 11 is 0. The zero-order valence-corrected chi connectivity index (χ0v) is 10.9. The minimum Gasteiger partial charge on any atom is -0.480 e. The summed E-state index contributed by atoms with van der Waals surface area (Å²) in [6, 6.07) is 2.94. The van der Waals surface area contributed by atoms with Crippen molar-refractivity contribution in [2.24, 2.45) is 5.73 Å². The Morgan fingerprint density at radius 3 is 2.60 bits per heavy atom. The molecule has 0 aromatic heterocycles. The third-order valence-electron chi connectivity index (χ3n) is 2.72. The van der Waals surface area contributed by atoms with Gasteiger partial charge in [0.15, 0.2) is 0 Å².